The number of hydrogen-bond donors (Lipinski definition) is 2. The summed E-state index contributed by atoms with van der Waals surface area (Å²) in [5, 5.41) is 11.2. The summed E-state index contributed by atoms with van der Waals surface area (Å²) < 4.78 is 24.9. The van der Waals surface area contributed by atoms with Gasteiger partial charge >= 0.3 is 0 Å². The van der Waals surface area contributed by atoms with Gasteiger partial charge in [-0.25, -0.2) is 8.78 Å². The Morgan fingerprint density at radius 1 is 1.60 bits per heavy atom. The average Bonchev–Trinajstić information content (AvgIpc) is 2.37. The highest BCUT2D eigenvalue weighted by Crippen LogP contribution is 2.59. The van der Waals surface area contributed by atoms with Crippen molar-refractivity contribution >= 4 is 0 Å². The van der Waals surface area contributed by atoms with Crippen LogP contribution in [0.3, 0.4) is 0 Å². The molecule has 0 saturated heterocycles. The minimum Gasteiger partial charge on any atom is -0.396 e. The highest BCUT2D eigenvalue weighted by molar-refractivity contribution is 5.10. The number of nitrogens with one attached hydrogen (secondary N) is 1. The topological polar surface area (TPSA) is 32.3 Å². The summed E-state index contributed by atoms with van der Waals surface area (Å²) in [6.07, 6.45) is -0.183. The summed E-state index contributed by atoms with van der Waals surface area (Å²) in [7, 11) is 1.60. The molecule has 2 nitrogen and oxygen atoms in total. The van der Waals surface area contributed by atoms with E-state index in [1.165, 1.54) is 0 Å². The van der Waals surface area contributed by atoms with Crippen LogP contribution in [0.2, 0.25) is 0 Å². The third-order valence-electron chi connectivity index (χ3n) is 2.03. The molecule has 1 atom stereocenters. The van der Waals surface area contributed by atoms with Gasteiger partial charge in [0.1, 0.15) is 0 Å². The van der Waals surface area contributed by atoms with Gasteiger partial charge in [0.25, 0.3) is 5.92 Å². The first-order chi connectivity index (χ1) is 4.58. The van der Waals surface area contributed by atoms with Crippen LogP contribution in [0.5, 0.6) is 0 Å². The third kappa shape index (κ3) is 0.914. The van der Waals surface area contributed by atoms with Crippen LogP contribution in [-0.2, 0) is 0 Å². The average molecular weight is 151 g/mol. The van der Waals surface area contributed by atoms with Crippen LogP contribution in [0.15, 0.2) is 0 Å². The Hall–Kier alpha value is -0.220. The van der Waals surface area contributed by atoms with Gasteiger partial charge < -0.3 is 10.4 Å². The second kappa shape index (κ2) is 2.13. The summed E-state index contributed by atoms with van der Waals surface area (Å²) in [5.41, 5.74) is -1.15. The van der Waals surface area contributed by atoms with Crippen molar-refractivity contribution in [1.82, 2.24) is 5.32 Å². The number of alkyl halides is 2. The van der Waals surface area contributed by atoms with E-state index in [4.69, 9.17) is 5.11 Å². The van der Waals surface area contributed by atoms with E-state index in [0.29, 0.717) is 0 Å². The molecule has 0 heterocycles. The van der Waals surface area contributed by atoms with Crippen molar-refractivity contribution < 1.29 is 13.9 Å². The van der Waals surface area contributed by atoms with Crippen molar-refractivity contribution in [3.05, 3.63) is 0 Å². The molecule has 0 spiro atoms. The highest BCUT2D eigenvalue weighted by Gasteiger charge is 2.70. The Kier molecular flexibility index (Phi) is 1.68. The van der Waals surface area contributed by atoms with Crippen molar-refractivity contribution in [2.24, 2.45) is 5.41 Å². The van der Waals surface area contributed by atoms with Gasteiger partial charge in [-0.2, -0.15) is 0 Å². The fourth-order valence-electron chi connectivity index (χ4n) is 1.14. The first kappa shape index (κ1) is 7.88. The van der Waals surface area contributed by atoms with Crippen molar-refractivity contribution in [2.45, 2.75) is 12.3 Å². The fourth-order valence-corrected chi connectivity index (χ4v) is 1.14. The van der Waals surface area contributed by atoms with Gasteiger partial charge in [0, 0.05) is 13.0 Å². The van der Waals surface area contributed by atoms with Crippen molar-refractivity contribution in [3.8, 4) is 0 Å². The van der Waals surface area contributed by atoms with Crippen molar-refractivity contribution in [2.75, 3.05) is 20.2 Å². The standard InChI is InChI=1S/C6H11F2NO/c1-9-3-5(4-10)2-6(5,7)8/h9-10H,2-4H2,1H3/t5-/m1/s1. The molecule has 1 rings (SSSR count). The smallest absolute Gasteiger partial charge is 0.258 e. The Morgan fingerprint density at radius 2 is 2.10 bits per heavy atom. The van der Waals surface area contributed by atoms with E-state index >= 15 is 0 Å². The third-order valence-corrected chi connectivity index (χ3v) is 2.03. The fraction of sp³-hybridized carbons (Fsp3) is 1.00. The SMILES string of the molecule is CNC[C@@]1(CO)CC1(F)F. The molecule has 1 aliphatic rings. The number of halogens is 2. The van der Waals surface area contributed by atoms with E-state index in [0.717, 1.165) is 0 Å². The van der Waals surface area contributed by atoms with E-state index in [1.54, 1.807) is 7.05 Å². The van der Waals surface area contributed by atoms with Gasteiger partial charge in [0.05, 0.1) is 12.0 Å². The van der Waals surface area contributed by atoms with Crippen LogP contribution in [0.4, 0.5) is 8.78 Å². The zero-order valence-corrected chi connectivity index (χ0v) is 5.82. The van der Waals surface area contributed by atoms with Gasteiger partial charge in [0.2, 0.25) is 0 Å². The Morgan fingerprint density at radius 3 is 2.20 bits per heavy atom. The second-order valence-corrected chi connectivity index (χ2v) is 2.85. The zero-order chi connectivity index (χ0) is 7.83. The molecule has 0 amide bonds. The molecule has 1 saturated carbocycles. The number of hydrogen-bond acceptors (Lipinski definition) is 2. The van der Waals surface area contributed by atoms with Crippen LogP contribution in [0, 0.1) is 5.41 Å². The maximum atomic E-state index is 12.4. The summed E-state index contributed by atoms with van der Waals surface area (Å²) >= 11 is 0. The number of aliphatic hydroxyl groups excluding tert-OH is 1. The molecule has 0 bridgehead atoms. The van der Waals surface area contributed by atoms with Crippen molar-refractivity contribution in [1.29, 1.82) is 0 Å². The van der Waals surface area contributed by atoms with E-state index in [1.807, 2.05) is 0 Å². The molecule has 1 aliphatic carbocycles. The molecule has 1 fully saturated rings. The molecule has 0 aromatic heterocycles. The van der Waals surface area contributed by atoms with Gasteiger partial charge in [-0.15, -0.1) is 0 Å². The normalized spacial score (nSPS) is 36.0. The molecule has 2 N–H and O–H groups in total. The van der Waals surface area contributed by atoms with Crippen molar-refractivity contribution in [3.63, 3.8) is 0 Å². The van der Waals surface area contributed by atoms with E-state index < -0.39 is 17.9 Å². The lowest BCUT2D eigenvalue weighted by Crippen LogP contribution is -2.28. The summed E-state index contributed by atoms with van der Waals surface area (Å²) in [6.45, 7) is -0.239. The molecule has 0 aromatic carbocycles. The Bertz CT molecular complexity index is 140. The van der Waals surface area contributed by atoms with Crippen LogP contribution in [0.25, 0.3) is 0 Å². The molecule has 4 heteroatoms. The van der Waals surface area contributed by atoms with E-state index in [2.05, 4.69) is 5.32 Å². The minimum atomic E-state index is -2.65. The molecular weight excluding hydrogens is 140 g/mol. The molecular formula is C6H11F2NO. The lowest BCUT2D eigenvalue weighted by molar-refractivity contribution is 0.0377. The largest absolute Gasteiger partial charge is 0.396 e. The van der Waals surface area contributed by atoms with E-state index in [-0.39, 0.29) is 13.0 Å². The minimum absolute atomic E-state index is 0.183. The predicted molar refractivity (Wildman–Crippen MR) is 33.0 cm³/mol. The monoisotopic (exact) mass is 151 g/mol. The van der Waals surface area contributed by atoms with Gasteiger partial charge in [-0.05, 0) is 7.05 Å². The first-order valence-corrected chi connectivity index (χ1v) is 3.21. The van der Waals surface area contributed by atoms with Crippen LogP contribution in [-0.4, -0.2) is 31.2 Å². The number of aliphatic hydroxyl groups is 1. The zero-order valence-electron chi connectivity index (χ0n) is 5.82. The van der Waals surface area contributed by atoms with Gasteiger partial charge in [0.15, 0.2) is 0 Å². The molecule has 0 unspecified atom stereocenters. The van der Waals surface area contributed by atoms with Crippen LogP contribution >= 0.6 is 0 Å². The maximum absolute atomic E-state index is 12.4. The molecule has 0 aliphatic heterocycles. The second-order valence-electron chi connectivity index (χ2n) is 2.85. The van der Waals surface area contributed by atoms with Crippen LogP contribution in [0.1, 0.15) is 6.42 Å². The van der Waals surface area contributed by atoms with Gasteiger partial charge in [-0.1, -0.05) is 0 Å². The van der Waals surface area contributed by atoms with Crippen LogP contribution < -0.4 is 5.32 Å². The lowest BCUT2D eigenvalue weighted by Gasteiger charge is -2.10. The quantitative estimate of drug-likeness (QED) is 0.605. The molecule has 10 heavy (non-hydrogen) atoms. The predicted octanol–water partition coefficient (Wildman–Crippen LogP) is 0.224. The lowest BCUT2D eigenvalue weighted by atomic mass is 10.1. The first-order valence-electron chi connectivity index (χ1n) is 3.21. The maximum Gasteiger partial charge on any atom is 0.258 e. The van der Waals surface area contributed by atoms with E-state index in [9.17, 15) is 8.78 Å². The summed E-state index contributed by atoms with van der Waals surface area (Å²) in [4.78, 5) is 0. The number of rotatable bonds is 3. The summed E-state index contributed by atoms with van der Waals surface area (Å²) in [5.74, 6) is -2.65. The molecule has 0 aromatic rings. The van der Waals surface area contributed by atoms with Gasteiger partial charge in [-0.3, -0.25) is 0 Å². The highest BCUT2D eigenvalue weighted by atomic mass is 19.3. The Labute approximate surface area is 58.2 Å². The Balaban J connectivity index is 2.50. The molecule has 0 radical (unpaired) electrons. The molecule has 60 valence electrons. The summed E-state index contributed by atoms with van der Waals surface area (Å²) in [6, 6.07) is 0.